The van der Waals surface area contributed by atoms with E-state index in [0.717, 1.165) is 12.1 Å². The molecule has 0 saturated carbocycles. The van der Waals surface area contributed by atoms with Gasteiger partial charge in [-0.1, -0.05) is 6.07 Å². The van der Waals surface area contributed by atoms with E-state index in [4.69, 9.17) is 4.74 Å². The Balaban J connectivity index is 2.70. The van der Waals surface area contributed by atoms with E-state index in [0.29, 0.717) is 0 Å². The molecule has 6 nitrogen and oxygen atoms in total. The van der Waals surface area contributed by atoms with Gasteiger partial charge in [0.2, 0.25) is 6.10 Å². The molecule has 10 heteroatoms. The van der Waals surface area contributed by atoms with Crippen molar-refractivity contribution in [2.75, 3.05) is 6.61 Å². The number of carbonyl (C=O) groups is 2. The fraction of sp³-hybridized carbons (Fsp3) is 0.500. The first-order chi connectivity index (χ1) is 12.0. The van der Waals surface area contributed by atoms with E-state index in [1.165, 1.54) is 6.07 Å². The molecule has 1 aromatic carbocycles. The molecule has 0 heterocycles. The van der Waals surface area contributed by atoms with Gasteiger partial charge in [0.25, 0.3) is 5.91 Å². The number of rotatable bonds is 7. The SMILES string of the molecule is CC(C)(C)NC(=O)O[C@H](COC(F)F)C(=O)NCc1ccc(F)c(F)c1. The maximum absolute atomic E-state index is 13.1. The van der Waals surface area contributed by atoms with Gasteiger partial charge < -0.3 is 20.1 Å². The summed E-state index contributed by atoms with van der Waals surface area (Å²) in [6.07, 6.45) is -2.65. The first-order valence-electron chi connectivity index (χ1n) is 7.58. The third kappa shape index (κ3) is 8.15. The zero-order valence-corrected chi connectivity index (χ0v) is 14.4. The molecule has 0 unspecified atom stereocenters. The van der Waals surface area contributed by atoms with Gasteiger partial charge in [-0.15, -0.1) is 0 Å². The van der Waals surface area contributed by atoms with E-state index >= 15 is 0 Å². The molecule has 1 atom stereocenters. The molecule has 2 N–H and O–H groups in total. The third-order valence-electron chi connectivity index (χ3n) is 2.84. The normalized spacial score (nSPS) is 12.6. The van der Waals surface area contributed by atoms with E-state index in [2.05, 4.69) is 15.4 Å². The standard InChI is InChI=1S/C16H20F4N2O4/c1-16(2,3)22-15(24)26-12(8-25-14(19)20)13(23)21-7-9-4-5-10(17)11(18)6-9/h4-6,12,14H,7-8H2,1-3H3,(H,21,23)(H,22,24)/t12-/m1/s1. The first-order valence-corrected chi connectivity index (χ1v) is 7.58. The monoisotopic (exact) mass is 380 g/mol. The van der Waals surface area contributed by atoms with E-state index in [1.807, 2.05) is 0 Å². The average Bonchev–Trinajstić information content (AvgIpc) is 2.50. The van der Waals surface area contributed by atoms with Crippen molar-refractivity contribution in [3.8, 4) is 0 Å². The van der Waals surface area contributed by atoms with Gasteiger partial charge in [-0.25, -0.2) is 13.6 Å². The van der Waals surface area contributed by atoms with Crippen LogP contribution in [0, 0.1) is 11.6 Å². The molecular weight excluding hydrogens is 360 g/mol. The van der Waals surface area contributed by atoms with Crippen LogP contribution in [0.2, 0.25) is 0 Å². The minimum Gasteiger partial charge on any atom is -0.434 e. The summed E-state index contributed by atoms with van der Waals surface area (Å²) >= 11 is 0. The van der Waals surface area contributed by atoms with Gasteiger partial charge in [0.1, 0.15) is 0 Å². The van der Waals surface area contributed by atoms with Crippen molar-refractivity contribution < 1.29 is 36.6 Å². The maximum atomic E-state index is 13.1. The predicted octanol–water partition coefficient (Wildman–Crippen LogP) is 2.71. The Hall–Kier alpha value is -2.36. The van der Waals surface area contributed by atoms with Crippen LogP contribution in [-0.2, 0) is 20.8 Å². The molecule has 0 saturated heterocycles. The molecule has 1 aromatic rings. The number of alkyl carbamates (subject to hydrolysis) is 1. The highest BCUT2D eigenvalue weighted by molar-refractivity contribution is 5.83. The van der Waals surface area contributed by atoms with Crippen molar-refractivity contribution in [3.63, 3.8) is 0 Å². The Kier molecular flexibility index (Phi) is 7.81. The summed E-state index contributed by atoms with van der Waals surface area (Å²) < 4.78 is 59.3. The molecular formula is C16H20F4N2O4. The highest BCUT2D eigenvalue weighted by atomic mass is 19.3. The van der Waals surface area contributed by atoms with Gasteiger partial charge >= 0.3 is 12.7 Å². The minimum absolute atomic E-state index is 0.227. The molecule has 0 aliphatic carbocycles. The molecule has 26 heavy (non-hydrogen) atoms. The zero-order valence-electron chi connectivity index (χ0n) is 14.4. The summed E-state index contributed by atoms with van der Waals surface area (Å²) in [5.41, 5.74) is -0.447. The van der Waals surface area contributed by atoms with E-state index < -0.39 is 48.5 Å². The predicted molar refractivity (Wildman–Crippen MR) is 83.3 cm³/mol. The lowest BCUT2D eigenvalue weighted by molar-refractivity contribution is -0.158. The smallest absolute Gasteiger partial charge is 0.408 e. The zero-order chi connectivity index (χ0) is 19.9. The van der Waals surface area contributed by atoms with Crippen LogP contribution >= 0.6 is 0 Å². The van der Waals surface area contributed by atoms with E-state index in [9.17, 15) is 27.2 Å². The van der Waals surface area contributed by atoms with Gasteiger partial charge in [-0.3, -0.25) is 4.79 Å². The summed E-state index contributed by atoms with van der Waals surface area (Å²) in [6.45, 7) is 0.696. The van der Waals surface area contributed by atoms with Crippen molar-refractivity contribution >= 4 is 12.0 Å². The van der Waals surface area contributed by atoms with E-state index in [1.54, 1.807) is 20.8 Å². The van der Waals surface area contributed by atoms with Crippen molar-refractivity contribution in [2.45, 2.75) is 45.6 Å². The lowest BCUT2D eigenvalue weighted by Gasteiger charge is -2.23. The van der Waals surface area contributed by atoms with Crippen molar-refractivity contribution in [2.24, 2.45) is 0 Å². The Morgan fingerprint density at radius 1 is 1.15 bits per heavy atom. The molecule has 0 bridgehead atoms. The number of hydrogen-bond acceptors (Lipinski definition) is 4. The molecule has 146 valence electrons. The van der Waals surface area contributed by atoms with E-state index in [-0.39, 0.29) is 12.1 Å². The minimum atomic E-state index is -3.16. The van der Waals surface area contributed by atoms with Gasteiger partial charge in [-0.2, -0.15) is 8.78 Å². The molecule has 0 aromatic heterocycles. The van der Waals surface area contributed by atoms with Gasteiger partial charge in [0.15, 0.2) is 11.6 Å². The molecule has 0 spiro atoms. The highest BCUT2D eigenvalue weighted by Crippen LogP contribution is 2.09. The second kappa shape index (κ2) is 9.37. The number of ether oxygens (including phenoxy) is 2. The number of amides is 2. The fourth-order valence-corrected chi connectivity index (χ4v) is 1.74. The Morgan fingerprint density at radius 3 is 2.35 bits per heavy atom. The number of halogens is 4. The summed E-state index contributed by atoms with van der Waals surface area (Å²) in [6, 6.07) is 2.98. The first kappa shape index (κ1) is 21.7. The summed E-state index contributed by atoms with van der Waals surface area (Å²) in [4.78, 5) is 23.8. The van der Waals surface area contributed by atoms with Gasteiger partial charge in [0.05, 0.1) is 6.61 Å². The van der Waals surface area contributed by atoms with Crippen LogP contribution in [0.5, 0.6) is 0 Å². The van der Waals surface area contributed by atoms with Gasteiger partial charge in [-0.05, 0) is 38.5 Å². The van der Waals surface area contributed by atoms with Crippen molar-refractivity contribution in [1.29, 1.82) is 0 Å². The number of hydrogen-bond donors (Lipinski definition) is 2. The molecule has 0 radical (unpaired) electrons. The second-order valence-corrected chi connectivity index (χ2v) is 6.33. The number of benzene rings is 1. The molecule has 1 rings (SSSR count). The highest BCUT2D eigenvalue weighted by Gasteiger charge is 2.26. The summed E-state index contributed by atoms with van der Waals surface area (Å²) in [5.74, 6) is -3.08. The lowest BCUT2D eigenvalue weighted by Crippen LogP contribution is -2.47. The topological polar surface area (TPSA) is 76.7 Å². The van der Waals surface area contributed by atoms with Crippen LogP contribution in [0.25, 0.3) is 0 Å². The Bertz CT molecular complexity index is 635. The number of carbonyl (C=O) groups excluding carboxylic acids is 2. The maximum Gasteiger partial charge on any atom is 0.408 e. The number of alkyl halides is 2. The Morgan fingerprint density at radius 2 is 1.81 bits per heavy atom. The van der Waals surface area contributed by atoms with Gasteiger partial charge in [0, 0.05) is 12.1 Å². The molecule has 2 amide bonds. The van der Waals surface area contributed by atoms with Crippen molar-refractivity contribution in [1.82, 2.24) is 10.6 Å². The second-order valence-electron chi connectivity index (χ2n) is 6.33. The van der Waals surface area contributed by atoms with Crippen LogP contribution in [0.1, 0.15) is 26.3 Å². The fourth-order valence-electron chi connectivity index (χ4n) is 1.74. The molecule has 0 aliphatic heterocycles. The van der Waals surface area contributed by atoms with Crippen LogP contribution < -0.4 is 10.6 Å². The largest absolute Gasteiger partial charge is 0.434 e. The average molecular weight is 380 g/mol. The summed E-state index contributed by atoms with van der Waals surface area (Å²) in [5, 5.41) is 4.68. The lowest BCUT2D eigenvalue weighted by atomic mass is 10.1. The van der Waals surface area contributed by atoms with Crippen LogP contribution in [0.3, 0.4) is 0 Å². The summed E-state index contributed by atoms with van der Waals surface area (Å²) in [7, 11) is 0. The quantitative estimate of drug-likeness (QED) is 0.713. The molecule has 0 aliphatic rings. The Labute approximate surface area is 147 Å². The van der Waals surface area contributed by atoms with Crippen LogP contribution in [-0.4, -0.2) is 36.9 Å². The van der Waals surface area contributed by atoms with Crippen molar-refractivity contribution in [3.05, 3.63) is 35.4 Å². The van der Waals surface area contributed by atoms with Crippen LogP contribution in [0.4, 0.5) is 22.4 Å². The van der Waals surface area contributed by atoms with Crippen LogP contribution in [0.15, 0.2) is 18.2 Å². The third-order valence-corrected chi connectivity index (χ3v) is 2.84. The number of nitrogens with one attached hydrogen (secondary N) is 2. The molecule has 0 fully saturated rings.